The highest BCUT2D eigenvalue weighted by molar-refractivity contribution is 6.32. The van der Waals surface area contributed by atoms with Crippen molar-refractivity contribution in [3.05, 3.63) is 34.6 Å². The standard InChI is InChI=1S/C14H17ClN4O2/c1-7(2)12-11(16)13(19-18-12)14(20)17-8-4-5-9(15)10(6-8)21-3/h4-7H,16H2,1-3H3,(H,17,20)(H,18,19). The van der Waals surface area contributed by atoms with Crippen LogP contribution in [0, 0.1) is 0 Å². The minimum Gasteiger partial charge on any atom is -0.495 e. The van der Waals surface area contributed by atoms with E-state index in [1.807, 2.05) is 13.8 Å². The molecule has 0 fully saturated rings. The van der Waals surface area contributed by atoms with Gasteiger partial charge < -0.3 is 15.8 Å². The van der Waals surface area contributed by atoms with E-state index in [-0.39, 0.29) is 17.5 Å². The molecule has 1 heterocycles. The zero-order valence-corrected chi connectivity index (χ0v) is 12.8. The van der Waals surface area contributed by atoms with E-state index in [9.17, 15) is 4.79 Å². The van der Waals surface area contributed by atoms with E-state index < -0.39 is 0 Å². The molecule has 0 saturated heterocycles. The highest BCUT2D eigenvalue weighted by atomic mass is 35.5. The molecular weight excluding hydrogens is 292 g/mol. The first kappa shape index (κ1) is 15.2. The number of nitrogens with two attached hydrogens (primary N) is 1. The van der Waals surface area contributed by atoms with Crippen LogP contribution in [0.15, 0.2) is 18.2 Å². The van der Waals surface area contributed by atoms with Gasteiger partial charge in [-0.2, -0.15) is 5.10 Å². The Labute approximate surface area is 127 Å². The summed E-state index contributed by atoms with van der Waals surface area (Å²) in [5, 5.41) is 9.95. The van der Waals surface area contributed by atoms with E-state index in [1.165, 1.54) is 7.11 Å². The SMILES string of the molecule is COc1cc(NC(=O)c2n[nH]c(C(C)C)c2N)ccc1Cl. The lowest BCUT2D eigenvalue weighted by Crippen LogP contribution is -2.14. The number of amides is 1. The Morgan fingerprint density at radius 3 is 2.76 bits per heavy atom. The van der Waals surface area contributed by atoms with Gasteiger partial charge in [0.25, 0.3) is 5.91 Å². The first-order valence-corrected chi connectivity index (χ1v) is 6.80. The second-order valence-electron chi connectivity index (χ2n) is 4.86. The maximum absolute atomic E-state index is 12.2. The fraction of sp³-hybridized carbons (Fsp3) is 0.286. The number of aromatic amines is 1. The molecular formula is C14H17ClN4O2. The van der Waals surface area contributed by atoms with Crippen LogP contribution in [-0.4, -0.2) is 23.2 Å². The van der Waals surface area contributed by atoms with Gasteiger partial charge in [0.05, 0.1) is 23.5 Å². The van der Waals surface area contributed by atoms with Gasteiger partial charge in [0.15, 0.2) is 5.69 Å². The molecule has 0 atom stereocenters. The topological polar surface area (TPSA) is 93.0 Å². The smallest absolute Gasteiger partial charge is 0.278 e. The molecule has 6 nitrogen and oxygen atoms in total. The highest BCUT2D eigenvalue weighted by Crippen LogP contribution is 2.28. The first-order chi connectivity index (χ1) is 9.93. The number of nitrogens with one attached hydrogen (secondary N) is 2. The summed E-state index contributed by atoms with van der Waals surface area (Å²) in [4.78, 5) is 12.2. The van der Waals surface area contributed by atoms with Crippen LogP contribution >= 0.6 is 11.6 Å². The van der Waals surface area contributed by atoms with Crippen molar-refractivity contribution >= 4 is 28.9 Å². The third kappa shape index (κ3) is 3.11. The molecule has 7 heteroatoms. The molecule has 0 saturated carbocycles. The summed E-state index contributed by atoms with van der Waals surface area (Å²) in [6.07, 6.45) is 0. The molecule has 0 bridgehead atoms. The molecule has 1 aromatic heterocycles. The number of hydrogen-bond acceptors (Lipinski definition) is 4. The van der Waals surface area contributed by atoms with Gasteiger partial charge in [-0.25, -0.2) is 0 Å². The van der Waals surface area contributed by atoms with Crippen LogP contribution in [-0.2, 0) is 0 Å². The van der Waals surface area contributed by atoms with E-state index in [2.05, 4.69) is 15.5 Å². The Morgan fingerprint density at radius 2 is 2.19 bits per heavy atom. The van der Waals surface area contributed by atoms with Gasteiger partial charge in [0, 0.05) is 11.8 Å². The fourth-order valence-electron chi connectivity index (χ4n) is 1.91. The number of nitrogens with zero attached hydrogens (tertiary/aromatic N) is 1. The molecule has 1 aromatic carbocycles. The van der Waals surface area contributed by atoms with Crippen LogP contribution in [0.2, 0.25) is 5.02 Å². The molecule has 1 amide bonds. The van der Waals surface area contributed by atoms with E-state index in [1.54, 1.807) is 18.2 Å². The summed E-state index contributed by atoms with van der Waals surface area (Å²) >= 11 is 5.94. The summed E-state index contributed by atoms with van der Waals surface area (Å²) in [5.74, 6) is 0.252. The van der Waals surface area contributed by atoms with Crippen molar-refractivity contribution in [2.24, 2.45) is 0 Å². The number of halogens is 1. The molecule has 0 aliphatic rings. The predicted octanol–water partition coefficient (Wildman–Crippen LogP) is 3.03. The number of aromatic nitrogens is 2. The van der Waals surface area contributed by atoms with E-state index >= 15 is 0 Å². The van der Waals surface area contributed by atoms with Crippen molar-refractivity contribution in [3.8, 4) is 5.75 Å². The molecule has 0 unspecified atom stereocenters. The largest absolute Gasteiger partial charge is 0.495 e. The molecule has 112 valence electrons. The van der Waals surface area contributed by atoms with Crippen LogP contribution in [0.4, 0.5) is 11.4 Å². The van der Waals surface area contributed by atoms with Gasteiger partial charge in [-0.3, -0.25) is 9.89 Å². The lowest BCUT2D eigenvalue weighted by Gasteiger charge is -2.08. The number of benzene rings is 1. The fourth-order valence-corrected chi connectivity index (χ4v) is 2.10. The van der Waals surface area contributed by atoms with E-state index in [0.717, 1.165) is 5.69 Å². The highest BCUT2D eigenvalue weighted by Gasteiger charge is 2.19. The normalized spacial score (nSPS) is 10.7. The molecule has 21 heavy (non-hydrogen) atoms. The minimum atomic E-state index is -0.389. The van der Waals surface area contributed by atoms with Crippen molar-refractivity contribution in [1.82, 2.24) is 10.2 Å². The zero-order chi connectivity index (χ0) is 15.6. The number of hydrogen-bond donors (Lipinski definition) is 3. The van der Waals surface area contributed by atoms with Crippen molar-refractivity contribution in [2.45, 2.75) is 19.8 Å². The number of carbonyl (C=O) groups excluding carboxylic acids is 1. The molecule has 0 aliphatic heterocycles. The predicted molar refractivity (Wildman–Crippen MR) is 83.0 cm³/mol. The number of carbonyl (C=O) groups is 1. The van der Waals surface area contributed by atoms with Crippen LogP contribution in [0.1, 0.15) is 35.9 Å². The van der Waals surface area contributed by atoms with E-state index in [0.29, 0.717) is 22.1 Å². The molecule has 2 rings (SSSR count). The maximum atomic E-state index is 12.2. The molecule has 0 spiro atoms. The van der Waals surface area contributed by atoms with Gasteiger partial charge in [-0.05, 0) is 18.1 Å². The lowest BCUT2D eigenvalue weighted by atomic mass is 10.1. The van der Waals surface area contributed by atoms with Crippen LogP contribution in [0.5, 0.6) is 5.75 Å². The summed E-state index contributed by atoms with van der Waals surface area (Å²) < 4.78 is 5.10. The summed E-state index contributed by atoms with van der Waals surface area (Å²) in [6, 6.07) is 4.95. The van der Waals surface area contributed by atoms with Crippen molar-refractivity contribution < 1.29 is 9.53 Å². The average Bonchev–Trinajstić information content (AvgIpc) is 2.83. The maximum Gasteiger partial charge on any atom is 0.278 e. The van der Waals surface area contributed by atoms with Crippen LogP contribution < -0.4 is 15.8 Å². The van der Waals surface area contributed by atoms with Gasteiger partial charge in [0.2, 0.25) is 0 Å². The van der Waals surface area contributed by atoms with Crippen molar-refractivity contribution in [3.63, 3.8) is 0 Å². The Kier molecular flexibility index (Phi) is 4.37. The first-order valence-electron chi connectivity index (χ1n) is 6.42. The third-order valence-corrected chi connectivity index (χ3v) is 3.35. The third-order valence-electron chi connectivity index (χ3n) is 3.03. The van der Waals surface area contributed by atoms with Crippen molar-refractivity contribution in [1.29, 1.82) is 0 Å². The zero-order valence-electron chi connectivity index (χ0n) is 12.0. The number of methoxy groups -OCH3 is 1. The number of nitrogen functional groups attached to an aromatic ring is 1. The monoisotopic (exact) mass is 308 g/mol. The quantitative estimate of drug-likeness (QED) is 0.809. The molecule has 2 aromatic rings. The molecule has 0 radical (unpaired) electrons. The van der Waals surface area contributed by atoms with Gasteiger partial charge in [-0.15, -0.1) is 0 Å². The summed E-state index contributed by atoms with van der Waals surface area (Å²) in [6.45, 7) is 3.94. The van der Waals surface area contributed by atoms with Crippen molar-refractivity contribution in [2.75, 3.05) is 18.2 Å². The Morgan fingerprint density at radius 1 is 1.48 bits per heavy atom. The lowest BCUT2D eigenvalue weighted by molar-refractivity contribution is 0.102. The summed E-state index contributed by atoms with van der Waals surface area (Å²) in [5.41, 5.74) is 7.77. The Bertz CT molecular complexity index is 667. The minimum absolute atomic E-state index is 0.162. The van der Waals surface area contributed by atoms with Gasteiger partial charge in [-0.1, -0.05) is 25.4 Å². The van der Waals surface area contributed by atoms with Gasteiger partial charge in [0.1, 0.15) is 5.75 Å². The second kappa shape index (κ2) is 6.05. The number of ether oxygens (including phenoxy) is 1. The second-order valence-corrected chi connectivity index (χ2v) is 5.26. The van der Waals surface area contributed by atoms with Gasteiger partial charge >= 0.3 is 0 Å². The van der Waals surface area contributed by atoms with Crippen LogP contribution in [0.3, 0.4) is 0 Å². The number of rotatable bonds is 4. The van der Waals surface area contributed by atoms with Crippen LogP contribution in [0.25, 0.3) is 0 Å². The average molecular weight is 309 g/mol. The molecule has 0 aliphatic carbocycles. The van der Waals surface area contributed by atoms with E-state index in [4.69, 9.17) is 22.1 Å². The molecule has 4 N–H and O–H groups in total. The Hall–Kier alpha value is -2.21. The Balaban J connectivity index is 2.22. The number of H-pyrrole nitrogens is 1. The summed E-state index contributed by atoms with van der Waals surface area (Å²) in [7, 11) is 1.51. The number of anilines is 2.